The van der Waals surface area contributed by atoms with E-state index < -0.39 is 21.8 Å². The number of carbonyl (C=O) groups excluding carboxylic acids is 2. The topological polar surface area (TPSA) is 155 Å². The lowest BCUT2D eigenvalue weighted by Crippen LogP contribution is -2.49. The third-order valence-electron chi connectivity index (χ3n) is 11.0. The lowest BCUT2D eigenvalue weighted by Gasteiger charge is -2.37. The second-order valence-electron chi connectivity index (χ2n) is 19.3. The first-order chi connectivity index (χ1) is 25.9. The number of benzene rings is 2. The SMILES string of the molecule is CC(C)(C)OCCN(CCNC=O)Cc1c(O)c(O)cc2c1C1(CC2(C)C)CC(C)(C)c2cc(O)c(O)c(CN3CCN(C(=O)OC(C)(C)C)CC3)c21.CCC. The number of ether oxygens (including phenoxy) is 2. The molecule has 2 aliphatic carbocycles. The van der Waals surface area contributed by atoms with Crippen LogP contribution in [0.5, 0.6) is 23.0 Å². The van der Waals surface area contributed by atoms with Crippen molar-refractivity contribution in [2.45, 2.75) is 143 Å². The molecule has 2 amide bonds. The molecule has 1 fully saturated rings. The maximum Gasteiger partial charge on any atom is 0.410 e. The van der Waals surface area contributed by atoms with Crippen molar-refractivity contribution < 1.29 is 39.5 Å². The summed E-state index contributed by atoms with van der Waals surface area (Å²) in [5.41, 5.74) is 2.58. The molecule has 3 aliphatic rings. The highest BCUT2D eigenvalue weighted by molar-refractivity contribution is 5.71. The molecular formula is C44H70N4O8. The van der Waals surface area contributed by atoms with E-state index in [0.29, 0.717) is 89.3 Å². The Morgan fingerprint density at radius 3 is 1.80 bits per heavy atom. The van der Waals surface area contributed by atoms with E-state index in [4.69, 9.17) is 9.47 Å². The third kappa shape index (κ3) is 9.85. The maximum absolute atomic E-state index is 12.8. The first kappa shape index (κ1) is 45.0. The Balaban J connectivity index is 0.00000225. The zero-order valence-corrected chi connectivity index (χ0v) is 36.2. The summed E-state index contributed by atoms with van der Waals surface area (Å²) in [6.45, 7) is 28.9. The van der Waals surface area contributed by atoms with Gasteiger partial charge in [-0.3, -0.25) is 14.6 Å². The van der Waals surface area contributed by atoms with Gasteiger partial charge in [-0.2, -0.15) is 0 Å². The van der Waals surface area contributed by atoms with Gasteiger partial charge < -0.3 is 40.1 Å². The highest BCUT2D eigenvalue weighted by Gasteiger charge is 2.59. The zero-order valence-electron chi connectivity index (χ0n) is 36.2. The van der Waals surface area contributed by atoms with E-state index in [1.165, 1.54) is 6.42 Å². The van der Waals surface area contributed by atoms with Crippen LogP contribution in [0.1, 0.15) is 136 Å². The first-order valence-electron chi connectivity index (χ1n) is 20.3. The second-order valence-corrected chi connectivity index (χ2v) is 19.3. The quantitative estimate of drug-likeness (QED) is 0.0916. The Bertz CT molecular complexity index is 1720. The molecule has 314 valence electrons. The van der Waals surface area contributed by atoms with Crippen LogP contribution >= 0.6 is 0 Å². The van der Waals surface area contributed by atoms with E-state index in [9.17, 15) is 30.0 Å². The molecule has 5 rings (SSSR count). The Hall–Kier alpha value is -3.74. The number of nitrogens with one attached hydrogen (secondary N) is 1. The van der Waals surface area contributed by atoms with E-state index in [1.54, 1.807) is 17.0 Å². The van der Waals surface area contributed by atoms with Gasteiger partial charge in [-0.05, 0) is 99.6 Å². The van der Waals surface area contributed by atoms with Gasteiger partial charge in [0.2, 0.25) is 6.41 Å². The van der Waals surface area contributed by atoms with Crippen molar-refractivity contribution in [1.29, 1.82) is 0 Å². The molecule has 1 saturated heterocycles. The fourth-order valence-corrected chi connectivity index (χ4v) is 9.03. The minimum atomic E-state index is -0.675. The summed E-state index contributed by atoms with van der Waals surface area (Å²) < 4.78 is 11.7. The minimum Gasteiger partial charge on any atom is -0.504 e. The number of rotatable bonds is 11. The van der Waals surface area contributed by atoms with Gasteiger partial charge in [-0.15, -0.1) is 0 Å². The Morgan fingerprint density at radius 1 is 0.821 bits per heavy atom. The van der Waals surface area contributed by atoms with Crippen molar-refractivity contribution in [3.63, 3.8) is 0 Å². The molecule has 12 nitrogen and oxygen atoms in total. The van der Waals surface area contributed by atoms with Gasteiger partial charge in [0.15, 0.2) is 23.0 Å². The van der Waals surface area contributed by atoms with Crippen molar-refractivity contribution in [1.82, 2.24) is 20.0 Å². The van der Waals surface area contributed by atoms with Crippen molar-refractivity contribution in [2.75, 3.05) is 52.4 Å². The fraction of sp³-hybridized carbons (Fsp3) is 0.682. The molecule has 0 bridgehead atoms. The number of amides is 2. The van der Waals surface area contributed by atoms with Gasteiger partial charge in [0.25, 0.3) is 0 Å². The van der Waals surface area contributed by atoms with Gasteiger partial charge in [0.05, 0.1) is 12.2 Å². The van der Waals surface area contributed by atoms with Crippen LogP contribution in [0, 0.1) is 0 Å². The fourth-order valence-electron chi connectivity index (χ4n) is 9.03. The maximum atomic E-state index is 12.8. The number of phenolic OH excluding ortho intramolecular Hbond substituents is 4. The Morgan fingerprint density at radius 2 is 1.32 bits per heavy atom. The van der Waals surface area contributed by atoms with E-state index in [1.807, 2.05) is 41.5 Å². The van der Waals surface area contributed by atoms with Crippen LogP contribution in [0.4, 0.5) is 4.79 Å². The predicted molar refractivity (Wildman–Crippen MR) is 220 cm³/mol. The smallest absolute Gasteiger partial charge is 0.410 e. The zero-order chi connectivity index (χ0) is 42.0. The van der Waals surface area contributed by atoms with Crippen LogP contribution in [0.3, 0.4) is 0 Å². The van der Waals surface area contributed by atoms with Crippen LogP contribution in [0.2, 0.25) is 0 Å². The number of carbonyl (C=O) groups is 2. The molecular weight excluding hydrogens is 713 g/mol. The number of aromatic hydroxyl groups is 4. The van der Waals surface area contributed by atoms with Crippen LogP contribution < -0.4 is 5.32 Å². The highest BCUT2D eigenvalue weighted by atomic mass is 16.6. The van der Waals surface area contributed by atoms with Crippen molar-refractivity contribution in [2.24, 2.45) is 0 Å². The highest BCUT2D eigenvalue weighted by Crippen LogP contribution is 2.67. The van der Waals surface area contributed by atoms with Crippen molar-refractivity contribution in [3.05, 3.63) is 45.5 Å². The monoisotopic (exact) mass is 783 g/mol. The van der Waals surface area contributed by atoms with E-state index in [2.05, 4.69) is 56.7 Å². The van der Waals surface area contributed by atoms with E-state index >= 15 is 0 Å². The van der Waals surface area contributed by atoms with Crippen LogP contribution in [0.25, 0.3) is 0 Å². The molecule has 5 N–H and O–H groups in total. The number of phenols is 4. The largest absolute Gasteiger partial charge is 0.504 e. The second kappa shape index (κ2) is 17.0. The van der Waals surface area contributed by atoms with Gasteiger partial charge in [0.1, 0.15) is 5.60 Å². The summed E-state index contributed by atoms with van der Waals surface area (Å²) >= 11 is 0. The normalized spacial score (nSPS) is 20.1. The molecule has 1 aliphatic heterocycles. The minimum absolute atomic E-state index is 0.160. The average molecular weight is 783 g/mol. The summed E-state index contributed by atoms with van der Waals surface area (Å²) in [7, 11) is 0. The Labute approximate surface area is 335 Å². The van der Waals surface area contributed by atoms with Gasteiger partial charge in [0, 0.05) is 75.4 Å². The van der Waals surface area contributed by atoms with Gasteiger partial charge >= 0.3 is 6.09 Å². The molecule has 2 aromatic rings. The van der Waals surface area contributed by atoms with Crippen molar-refractivity contribution >= 4 is 12.5 Å². The molecule has 1 heterocycles. The van der Waals surface area contributed by atoms with Crippen LogP contribution in [0.15, 0.2) is 12.1 Å². The number of fused-ring (bicyclic) bond motifs is 4. The molecule has 2 aromatic carbocycles. The molecule has 1 spiro atoms. The molecule has 12 heteroatoms. The van der Waals surface area contributed by atoms with Crippen molar-refractivity contribution in [3.8, 4) is 23.0 Å². The summed E-state index contributed by atoms with van der Waals surface area (Å²) in [5.74, 6) is -0.697. The third-order valence-corrected chi connectivity index (χ3v) is 11.0. The standard InChI is InChI=1S/C41H62N4O8.C3H8/c1-37(2,3)52-18-17-43(12-11-42-25-46)21-26-32-28(19-30(47)34(26)49)39(7,8)23-41(32)24-40(9,10)29-20-31(48)35(50)27(33(29)41)22-44-13-15-45(16-14-44)36(51)53-38(4,5)6;1-3-2/h19-20,25,47-50H,11-18,21-24H2,1-10H3,(H,42,46);3H2,1-2H3. The first-order valence-corrected chi connectivity index (χ1v) is 20.3. The lowest BCUT2D eigenvalue weighted by atomic mass is 9.70. The predicted octanol–water partition coefficient (Wildman–Crippen LogP) is 6.99. The molecule has 0 radical (unpaired) electrons. The number of nitrogens with zero attached hydrogens (tertiary/aromatic N) is 3. The number of hydrogen-bond acceptors (Lipinski definition) is 10. The molecule has 0 saturated carbocycles. The van der Waals surface area contributed by atoms with Crippen LogP contribution in [-0.4, -0.2) is 111 Å². The molecule has 0 aromatic heterocycles. The van der Waals surface area contributed by atoms with E-state index in [-0.39, 0.29) is 41.2 Å². The lowest BCUT2D eigenvalue weighted by molar-refractivity contribution is -0.109. The molecule has 1 atom stereocenters. The number of hydrogen-bond donors (Lipinski definition) is 5. The summed E-state index contributed by atoms with van der Waals surface area (Å²) in [6.07, 6.45) is 2.89. The molecule has 1 unspecified atom stereocenters. The average Bonchev–Trinajstić information content (AvgIpc) is 3.42. The molecule has 56 heavy (non-hydrogen) atoms. The van der Waals surface area contributed by atoms with E-state index in [0.717, 1.165) is 22.3 Å². The van der Waals surface area contributed by atoms with Gasteiger partial charge in [-0.25, -0.2) is 4.79 Å². The summed E-state index contributed by atoms with van der Waals surface area (Å²) in [6, 6.07) is 3.40. The number of piperazine rings is 1. The van der Waals surface area contributed by atoms with Crippen LogP contribution in [-0.2, 0) is 43.6 Å². The summed E-state index contributed by atoms with van der Waals surface area (Å²) in [5, 5.41) is 48.7. The van der Waals surface area contributed by atoms with Gasteiger partial charge in [-0.1, -0.05) is 48.0 Å². The Kier molecular flexibility index (Phi) is 13.7. The summed E-state index contributed by atoms with van der Waals surface area (Å²) in [4.78, 5) is 30.0.